The Kier molecular flexibility index (Phi) is 4.99. The van der Waals surface area contributed by atoms with Gasteiger partial charge in [-0.25, -0.2) is 4.39 Å². The van der Waals surface area contributed by atoms with E-state index < -0.39 is 5.82 Å². The molecule has 1 heterocycles. The van der Waals surface area contributed by atoms with Gasteiger partial charge in [-0.15, -0.1) is 0 Å². The Morgan fingerprint density at radius 2 is 2.16 bits per heavy atom. The Bertz CT molecular complexity index is 456. The summed E-state index contributed by atoms with van der Waals surface area (Å²) >= 11 is 11.3. The molecule has 1 unspecified atom stereocenters. The summed E-state index contributed by atoms with van der Waals surface area (Å²) in [6.07, 6.45) is 0.0692. The van der Waals surface area contributed by atoms with Gasteiger partial charge in [0.1, 0.15) is 0 Å². The summed E-state index contributed by atoms with van der Waals surface area (Å²) in [4.78, 5) is 11.8. The molecule has 0 spiro atoms. The van der Waals surface area contributed by atoms with Gasteiger partial charge in [-0.1, -0.05) is 23.2 Å². The van der Waals surface area contributed by atoms with Crippen molar-refractivity contribution in [1.29, 1.82) is 0 Å². The molecule has 19 heavy (non-hydrogen) atoms. The molecule has 1 atom stereocenters. The average molecular weight is 307 g/mol. The molecule has 4 nitrogen and oxygen atoms in total. The van der Waals surface area contributed by atoms with E-state index in [1.807, 2.05) is 0 Å². The lowest BCUT2D eigenvalue weighted by Gasteiger charge is -2.23. The number of amides is 1. The fourth-order valence-corrected chi connectivity index (χ4v) is 2.28. The maximum atomic E-state index is 13.2. The molecule has 1 aliphatic rings. The topological polar surface area (TPSA) is 50.4 Å². The minimum absolute atomic E-state index is 0.126. The number of rotatable bonds is 3. The number of hydrogen-bond acceptors (Lipinski definition) is 3. The minimum atomic E-state index is -0.693. The highest BCUT2D eigenvalue weighted by Crippen LogP contribution is 2.27. The summed E-state index contributed by atoms with van der Waals surface area (Å²) in [5.74, 6) is -0.923. The van der Waals surface area contributed by atoms with Crippen LogP contribution in [0.5, 0.6) is 0 Å². The van der Waals surface area contributed by atoms with Crippen molar-refractivity contribution in [3.05, 3.63) is 28.0 Å². The van der Waals surface area contributed by atoms with Crippen molar-refractivity contribution >= 4 is 34.8 Å². The summed E-state index contributed by atoms with van der Waals surface area (Å²) in [6, 6.07) is 2.64. The first kappa shape index (κ1) is 14.5. The third-order valence-electron chi connectivity index (χ3n) is 2.69. The Balaban J connectivity index is 1.94. The predicted molar refractivity (Wildman–Crippen MR) is 72.3 cm³/mol. The van der Waals surface area contributed by atoms with Crippen molar-refractivity contribution in [2.45, 2.75) is 12.5 Å². The van der Waals surface area contributed by atoms with Crippen LogP contribution in [0.4, 0.5) is 10.1 Å². The van der Waals surface area contributed by atoms with E-state index in [-0.39, 0.29) is 28.5 Å². The van der Waals surface area contributed by atoms with Crippen molar-refractivity contribution in [2.75, 3.05) is 25.0 Å². The number of anilines is 1. The number of ether oxygens (including phenoxy) is 1. The second kappa shape index (κ2) is 6.52. The Morgan fingerprint density at radius 3 is 2.74 bits per heavy atom. The molecule has 1 aromatic carbocycles. The largest absolute Gasteiger partial charge is 0.375 e. The monoisotopic (exact) mass is 306 g/mol. The van der Waals surface area contributed by atoms with Gasteiger partial charge in [-0.3, -0.25) is 4.79 Å². The third kappa shape index (κ3) is 4.04. The number of hydrogen-bond donors (Lipinski definition) is 2. The zero-order chi connectivity index (χ0) is 13.8. The Morgan fingerprint density at radius 1 is 1.47 bits per heavy atom. The normalized spacial score (nSPS) is 19.2. The number of carbonyl (C=O) groups is 1. The van der Waals surface area contributed by atoms with Crippen molar-refractivity contribution < 1.29 is 13.9 Å². The second-order valence-electron chi connectivity index (χ2n) is 4.20. The zero-order valence-corrected chi connectivity index (χ0v) is 11.5. The second-order valence-corrected chi connectivity index (χ2v) is 5.02. The van der Waals surface area contributed by atoms with E-state index in [0.717, 1.165) is 6.54 Å². The van der Waals surface area contributed by atoms with E-state index in [9.17, 15) is 9.18 Å². The van der Waals surface area contributed by atoms with Gasteiger partial charge in [0.05, 0.1) is 29.2 Å². The molecule has 1 aliphatic heterocycles. The van der Waals surface area contributed by atoms with Crippen LogP contribution in [0.25, 0.3) is 0 Å². The molecule has 7 heteroatoms. The minimum Gasteiger partial charge on any atom is -0.375 e. The van der Waals surface area contributed by atoms with Crippen LogP contribution in [0.2, 0.25) is 10.0 Å². The lowest BCUT2D eigenvalue weighted by molar-refractivity contribution is -0.119. The summed E-state index contributed by atoms with van der Waals surface area (Å²) in [7, 11) is 0. The predicted octanol–water partition coefficient (Wildman–Crippen LogP) is 2.45. The first-order valence-corrected chi connectivity index (χ1v) is 6.58. The molecule has 0 bridgehead atoms. The molecule has 1 saturated heterocycles. The first-order chi connectivity index (χ1) is 9.06. The highest BCUT2D eigenvalue weighted by molar-refractivity contribution is 6.35. The third-order valence-corrected chi connectivity index (χ3v) is 3.24. The fraction of sp³-hybridized carbons (Fsp3) is 0.417. The van der Waals surface area contributed by atoms with Gasteiger partial charge < -0.3 is 15.4 Å². The molecule has 0 aliphatic carbocycles. The molecular weight excluding hydrogens is 294 g/mol. The van der Waals surface area contributed by atoms with E-state index in [4.69, 9.17) is 27.9 Å². The molecule has 1 aromatic rings. The molecular formula is C12H13Cl2FN2O2. The van der Waals surface area contributed by atoms with Crippen molar-refractivity contribution in [3.63, 3.8) is 0 Å². The summed E-state index contributed by atoms with van der Waals surface area (Å²) < 4.78 is 18.6. The quantitative estimate of drug-likeness (QED) is 0.843. The van der Waals surface area contributed by atoms with Crippen molar-refractivity contribution in [2.24, 2.45) is 0 Å². The lowest BCUT2D eigenvalue weighted by atomic mass is 10.2. The van der Waals surface area contributed by atoms with Crippen molar-refractivity contribution in [1.82, 2.24) is 5.32 Å². The first-order valence-electron chi connectivity index (χ1n) is 5.83. The van der Waals surface area contributed by atoms with Gasteiger partial charge in [0, 0.05) is 18.8 Å². The van der Waals surface area contributed by atoms with Gasteiger partial charge >= 0.3 is 0 Å². The molecule has 2 N–H and O–H groups in total. The van der Waals surface area contributed by atoms with Crippen LogP contribution in [-0.2, 0) is 9.53 Å². The van der Waals surface area contributed by atoms with E-state index in [1.165, 1.54) is 12.1 Å². The number of morpholine rings is 1. The molecule has 1 fully saturated rings. The molecule has 0 radical (unpaired) electrons. The van der Waals surface area contributed by atoms with Crippen LogP contribution in [0.15, 0.2) is 12.1 Å². The molecule has 0 saturated carbocycles. The number of nitrogens with one attached hydrogen (secondary N) is 2. The maximum absolute atomic E-state index is 13.2. The van der Waals surface area contributed by atoms with E-state index in [0.29, 0.717) is 18.8 Å². The number of halogens is 3. The average Bonchev–Trinajstić information content (AvgIpc) is 2.37. The highest BCUT2D eigenvalue weighted by atomic mass is 35.5. The van der Waals surface area contributed by atoms with Crippen LogP contribution in [-0.4, -0.2) is 31.7 Å². The molecule has 0 aromatic heterocycles. The standard InChI is InChI=1S/C12H13Cl2FN2O2/c13-9-3-7(4-10(14)12(9)15)17-11(18)5-8-6-16-1-2-19-8/h3-4,8,16H,1-2,5-6H2,(H,17,18). The van der Waals surface area contributed by atoms with E-state index in [2.05, 4.69) is 10.6 Å². The zero-order valence-electron chi connectivity index (χ0n) is 10.0. The SMILES string of the molecule is O=C(CC1CNCCO1)Nc1cc(Cl)c(F)c(Cl)c1. The van der Waals surface area contributed by atoms with Gasteiger partial charge in [-0.05, 0) is 12.1 Å². The van der Waals surface area contributed by atoms with Crippen molar-refractivity contribution in [3.8, 4) is 0 Å². The molecule has 1 amide bonds. The fourth-order valence-electron chi connectivity index (χ4n) is 1.80. The number of benzene rings is 1. The van der Waals surface area contributed by atoms with Crippen LogP contribution < -0.4 is 10.6 Å². The van der Waals surface area contributed by atoms with Crippen LogP contribution in [0.1, 0.15) is 6.42 Å². The van der Waals surface area contributed by atoms with Gasteiger partial charge in [-0.2, -0.15) is 0 Å². The maximum Gasteiger partial charge on any atom is 0.227 e. The number of carbonyl (C=O) groups excluding carboxylic acids is 1. The van der Waals surface area contributed by atoms with E-state index in [1.54, 1.807) is 0 Å². The van der Waals surface area contributed by atoms with Crippen LogP contribution >= 0.6 is 23.2 Å². The van der Waals surface area contributed by atoms with Gasteiger partial charge in [0.15, 0.2) is 5.82 Å². The Labute approximate surface area is 120 Å². The Hall–Kier alpha value is -0.880. The van der Waals surface area contributed by atoms with Gasteiger partial charge in [0.25, 0.3) is 0 Å². The smallest absolute Gasteiger partial charge is 0.227 e. The summed E-state index contributed by atoms with van der Waals surface area (Å²) in [6.45, 7) is 2.02. The van der Waals surface area contributed by atoms with E-state index >= 15 is 0 Å². The molecule has 104 valence electrons. The van der Waals surface area contributed by atoms with Gasteiger partial charge in [0.2, 0.25) is 5.91 Å². The van der Waals surface area contributed by atoms with Crippen LogP contribution in [0.3, 0.4) is 0 Å². The summed E-state index contributed by atoms with van der Waals surface area (Å²) in [5, 5.41) is 5.50. The molecule has 2 rings (SSSR count). The highest BCUT2D eigenvalue weighted by Gasteiger charge is 2.18. The van der Waals surface area contributed by atoms with Crippen LogP contribution in [0, 0.1) is 5.82 Å². The lowest BCUT2D eigenvalue weighted by Crippen LogP contribution is -2.40. The summed E-state index contributed by atoms with van der Waals surface area (Å²) in [5.41, 5.74) is 0.366.